The molecule has 0 aliphatic heterocycles. The van der Waals surface area contributed by atoms with Crippen LogP contribution in [0.1, 0.15) is 6.92 Å². The molecule has 0 aromatic carbocycles. The van der Waals surface area contributed by atoms with Crippen molar-refractivity contribution in [2.75, 3.05) is 0 Å². The Morgan fingerprint density at radius 3 is 2.09 bits per heavy atom. The topological polar surface area (TPSA) is 141 Å². The molecule has 23 heavy (non-hydrogen) atoms. The number of H-pyrrole nitrogens is 2. The molecule has 0 amide bonds. The van der Waals surface area contributed by atoms with E-state index in [0.717, 1.165) is 17.8 Å². The summed E-state index contributed by atoms with van der Waals surface area (Å²) in [6, 6.07) is 0. The number of aromatic nitrogens is 8. The van der Waals surface area contributed by atoms with Crippen molar-refractivity contribution in [2.24, 2.45) is 7.05 Å². The van der Waals surface area contributed by atoms with Gasteiger partial charge >= 0.3 is 0 Å². The van der Waals surface area contributed by atoms with Crippen LogP contribution in [0.15, 0.2) is 25.3 Å². The lowest BCUT2D eigenvalue weighted by molar-refractivity contribution is 0.752. The smallest absolute Gasteiger partial charge is 0.173 e. The number of hydrogen-bond donors (Lipinski definition) is 4. The first kappa shape index (κ1) is 14.6. The van der Waals surface area contributed by atoms with Gasteiger partial charge in [0.15, 0.2) is 22.3 Å². The Hall–Kier alpha value is -3.30. The molecule has 0 saturated carbocycles. The normalized spacial score (nSPS) is 10.7. The standard InChI is InChI=1S/C7H9N5.C6H7N5/c1-2-12-4-11-6(8)5-7(12)10-3-9-5;1-11-3-10-5(7)4-6(11)9-2-8-4/h3-4,8H,2H2,1H3,(H,9,10);2-3,7H,1H3,(H,8,9). The minimum Gasteiger partial charge on any atom is -0.340 e. The largest absolute Gasteiger partial charge is 0.340 e. The Balaban J connectivity index is 0.000000136. The molecule has 4 N–H and O–H groups in total. The molecule has 0 radical (unpaired) electrons. The van der Waals surface area contributed by atoms with Crippen LogP contribution in [0, 0.1) is 10.8 Å². The van der Waals surface area contributed by atoms with Gasteiger partial charge in [-0.3, -0.25) is 10.8 Å². The Labute approximate surface area is 129 Å². The predicted octanol–water partition coefficient (Wildman–Crippen LogP) is 0.0346. The van der Waals surface area contributed by atoms with Crippen molar-refractivity contribution < 1.29 is 0 Å². The quantitative estimate of drug-likeness (QED) is 0.393. The fraction of sp³-hybridized carbons (Fsp3) is 0.231. The Kier molecular flexibility index (Phi) is 3.71. The number of nitrogens with one attached hydrogen (secondary N) is 4. The first-order valence-corrected chi connectivity index (χ1v) is 6.94. The molecule has 118 valence electrons. The van der Waals surface area contributed by atoms with E-state index in [1.165, 1.54) is 0 Å². The van der Waals surface area contributed by atoms with Gasteiger partial charge in [0.2, 0.25) is 0 Å². The fourth-order valence-corrected chi connectivity index (χ4v) is 2.15. The highest BCUT2D eigenvalue weighted by molar-refractivity contribution is 5.68. The maximum atomic E-state index is 7.46. The third kappa shape index (κ3) is 2.61. The van der Waals surface area contributed by atoms with Gasteiger partial charge in [0, 0.05) is 13.6 Å². The van der Waals surface area contributed by atoms with E-state index < -0.39 is 0 Å². The molecule has 0 atom stereocenters. The highest BCUT2D eigenvalue weighted by Crippen LogP contribution is 2.01. The van der Waals surface area contributed by atoms with Crippen LogP contribution in [0.2, 0.25) is 0 Å². The lowest BCUT2D eigenvalue weighted by Gasteiger charge is -2.00. The first-order valence-electron chi connectivity index (χ1n) is 6.94. The average Bonchev–Trinajstić information content (AvgIpc) is 3.22. The number of nitrogens with zero attached hydrogens (tertiary/aromatic N) is 6. The molecule has 10 nitrogen and oxygen atoms in total. The molecule has 0 spiro atoms. The predicted molar refractivity (Wildman–Crippen MR) is 82.1 cm³/mol. The van der Waals surface area contributed by atoms with Crippen molar-refractivity contribution in [1.29, 1.82) is 10.8 Å². The molecule has 4 aromatic rings. The van der Waals surface area contributed by atoms with Crippen molar-refractivity contribution in [3.8, 4) is 0 Å². The molecular weight excluding hydrogens is 296 g/mol. The molecule has 4 aromatic heterocycles. The Morgan fingerprint density at radius 1 is 0.913 bits per heavy atom. The number of hydrogen-bond acceptors (Lipinski definition) is 6. The number of fused-ring (bicyclic) bond motifs is 2. The third-order valence-corrected chi connectivity index (χ3v) is 3.35. The van der Waals surface area contributed by atoms with E-state index in [9.17, 15) is 0 Å². The van der Waals surface area contributed by atoms with Gasteiger partial charge in [-0.2, -0.15) is 0 Å². The number of aryl methyl sites for hydroxylation is 2. The molecule has 0 unspecified atom stereocenters. The molecule has 0 bridgehead atoms. The minimum absolute atomic E-state index is 0.232. The summed E-state index contributed by atoms with van der Waals surface area (Å²) in [5.74, 6) is 0. The van der Waals surface area contributed by atoms with Crippen LogP contribution in [0.4, 0.5) is 0 Å². The third-order valence-electron chi connectivity index (χ3n) is 3.35. The fourth-order valence-electron chi connectivity index (χ4n) is 2.15. The van der Waals surface area contributed by atoms with Gasteiger partial charge in [0.1, 0.15) is 11.0 Å². The molecule has 10 heteroatoms. The summed E-state index contributed by atoms with van der Waals surface area (Å²) in [5.41, 5.74) is 3.39. The van der Waals surface area contributed by atoms with Gasteiger partial charge in [-0.25, -0.2) is 19.9 Å². The van der Waals surface area contributed by atoms with Gasteiger partial charge in [0.05, 0.1) is 25.3 Å². The van der Waals surface area contributed by atoms with E-state index in [-0.39, 0.29) is 11.0 Å². The number of imidazole rings is 2. The van der Waals surface area contributed by atoms with Crippen molar-refractivity contribution in [1.82, 2.24) is 39.0 Å². The molecule has 0 fully saturated rings. The number of rotatable bonds is 1. The van der Waals surface area contributed by atoms with Crippen LogP contribution in [-0.4, -0.2) is 39.0 Å². The van der Waals surface area contributed by atoms with Gasteiger partial charge in [-0.1, -0.05) is 0 Å². The molecule has 0 aliphatic carbocycles. The maximum absolute atomic E-state index is 7.46. The minimum atomic E-state index is 0.232. The molecule has 0 aliphatic rings. The van der Waals surface area contributed by atoms with E-state index in [0.29, 0.717) is 11.0 Å². The summed E-state index contributed by atoms with van der Waals surface area (Å²) in [6.45, 7) is 2.83. The van der Waals surface area contributed by atoms with E-state index in [2.05, 4.69) is 29.9 Å². The summed E-state index contributed by atoms with van der Waals surface area (Å²) in [6.07, 6.45) is 6.35. The van der Waals surface area contributed by atoms with Crippen LogP contribution in [0.5, 0.6) is 0 Å². The Bertz CT molecular complexity index is 1060. The van der Waals surface area contributed by atoms with E-state index in [1.807, 2.05) is 18.5 Å². The summed E-state index contributed by atoms with van der Waals surface area (Å²) in [4.78, 5) is 21.6. The number of aromatic amines is 2. The molecular formula is C13H16N10. The van der Waals surface area contributed by atoms with Crippen molar-refractivity contribution in [3.05, 3.63) is 36.3 Å². The van der Waals surface area contributed by atoms with Gasteiger partial charge in [0.25, 0.3) is 0 Å². The second-order valence-electron chi connectivity index (χ2n) is 4.79. The molecule has 0 saturated heterocycles. The zero-order chi connectivity index (χ0) is 16.4. The summed E-state index contributed by atoms with van der Waals surface area (Å²) < 4.78 is 3.66. The molecule has 4 rings (SSSR count). The zero-order valence-corrected chi connectivity index (χ0v) is 12.7. The lowest BCUT2D eigenvalue weighted by atomic mass is 10.5. The van der Waals surface area contributed by atoms with Crippen LogP contribution in [-0.2, 0) is 13.6 Å². The molecule has 4 heterocycles. The summed E-state index contributed by atoms with van der Waals surface area (Å²) >= 11 is 0. The van der Waals surface area contributed by atoms with Gasteiger partial charge in [-0.15, -0.1) is 0 Å². The van der Waals surface area contributed by atoms with Gasteiger partial charge in [-0.05, 0) is 6.92 Å². The van der Waals surface area contributed by atoms with Crippen molar-refractivity contribution in [3.63, 3.8) is 0 Å². The second-order valence-corrected chi connectivity index (χ2v) is 4.79. The lowest BCUT2D eigenvalue weighted by Crippen LogP contribution is -2.11. The monoisotopic (exact) mass is 312 g/mol. The van der Waals surface area contributed by atoms with Crippen LogP contribution in [0.3, 0.4) is 0 Å². The van der Waals surface area contributed by atoms with E-state index in [4.69, 9.17) is 10.8 Å². The SMILES string of the molecule is CCn1cnc(=N)c2[nH]cnc21.Cn1cnc(=N)c2[nH]cnc21. The van der Waals surface area contributed by atoms with Crippen LogP contribution >= 0.6 is 0 Å². The van der Waals surface area contributed by atoms with Crippen molar-refractivity contribution in [2.45, 2.75) is 13.5 Å². The van der Waals surface area contributed by atoms with Gasteiger partial charge < -0.3 is 19.1 Å². The highest BCUT2D eigenvalue weighted by atomic mass is 15.1. The van der Waals surface area contributed by atoms with E-state index >= 15 is 0 Å². The van der Waals surface area contributed by atoms with Crippen molar-refractivity contribution >= 4 is 22.3 Å². The maximum Gasteiger partial charge on any atom is 0.173 e. The average molecular weight is 312 g/mol. The Morgan fingerprint density at radius 2 is 1.48 bits per heavy atom. The summed E-state index contributed by atoms with van der Waals surface area (Å²) in [7, 11) is 1.84. The highest BCUT2D eigenvalue weighted by Gasteiger charge is 2.01. The van der Waals surface area contributed by atoms with Crippen LogP contribution < -0.4 is 11.0 Å². The van der Waals surface area contributed by atoms with E-state index in [1.54, 1.807) is 29.9 Å². The van der Waals surface area contributed by atoms with Crippen LogP contribution in [0.25, 0.3) is 22.3 Å². The summed E-state index contributed by atoms with van der Waals surface area (Å²) in [5, 5.41) is 14.8. The first-order chi connectivity index (χ1) is 11.1. The second kappa shape index (κ2) is 5.83. The zero-order valence-electron chi connectivity index (χ0n) is 12.7.